The quantitative estimate of drug-likeness (QED) is 0.496. The molecule has 2 aromatic carbocycles. The Morgan fingerprint density at radius 2 is 1.78 bits per heavy atom. The summed E-state index contributed by atoms with van der Waals surface area (Å²) in [5.74, 6) is 0.0351. The Bertz CT molecular complexity index is 978. The van der Waals surface area contributed by atoms with E-state index < -0.39 is 6.09 Å². The number of aliphatic hydroxyl groups is 1. The maximum Gasteiger partial charge on any atom is 0.411 e. The highest BCUT2D eigenvalue weighted by Gasteiger charge is 2.32. The molecule has 0 aromatic heterocycles. The molecule has 2 aromatic rings. The molecule has 0 unspecified atom stereocenters. The highest BCUT2D eigenvalue weighted by Crippen LogP contribution is 2.48. The van der Waals surface area contributed by atoms with Gasteiger partial charge in [-0.15, -0.1) is 0 Å². The summed E-state index contributed by atoms with van der Waals surface area (Å²) in [6, 6.07) is 13.5. The van der Waals surface area contributed by atoms with Crippen LogP contribution in [-0.2, 0) is 9.53 Å². The summed E-state index contributed by atoms with van der Waals surface area (Å²) in [5, 5.41) is 11.9. The van der Waals surface area contributed by atoms with E-state index in [0.717, 1.165) is 53.9 Å². The Morgan fingerprint density at radius 3 is 2.53 bits per heavy atom. The van der Waals surface area contributed by atoms with Crippen LogP contribution in [0, 0.1) is 0 Å². The van der Waals surface area contributed by atoms with Gasteiger partial charge in [-0.25, -0.2) is 4.79 Å². The van der Waals surface area contributed by atoms with E-state index in [9.17, 15) is 9.59 Å². The minimum atomic E-state index is -0.512. The molecule has 2 amide bonds. The minimum absolute atomic E-state index is 0.0351. The van der Waals surface area contributed by atoms with Crippen molar-refractivity contribution in [3.63, 3.8) is 0 Å². The van der Waals surface area contributed by atoms with Gasteiger partial charge in [0.05, 0.1) is 24.6 Å². The van der Waals surface area contributed by atoms with Gasteiger partial charge in [-0.1, -0.05) is 23.9 Å². The topological polar surface area (TPSA) is 87.8 Å². The second-order valence-corrected chi connectivity index (χ2v) is 9.06. The molecule has 1 fully saturated rings. The maximum absolute atomic E-state index is 13.6. The number of hydrogen-bond donors (Lipinski definition) is 4. The predicted octanol–water partition coefficient (Wildman–Crippen LogP) is 0.160. The number of rotatable bonds is 6. The number of hydrogen-bond acceptors (Lipinski definition) is 5. The second-order valence-electron chi connectivity index (χ2n) is 7.98. The van der Waals surface area contributed by atoms with Crippen molar-refractivity contribution < 1.29 is 29.2 Å². The molecule has 170 valence electrons. The van der Waals surface area contributed by atoms with Gasteiger partial charge in [-0.3, -0.25) is 15.0 Å². The van der Waals surface area contributed by atoms with E-state index in [4.69, 9.17) is 9.84 Å². The number of para-hydroxylation sites is 1. The molecule has 0 spiro atoms. The van der Waals surface area contributed by atoms with Crippen molar-refractivity contribution in [3.8, 4) is 0 Å². The molecule has 4 N–H and O–H groups in total. The van der Waals surface area contributed by atoms with Crippen LogP contribution in [0.25, 0.3) is 0 Å². The molecule has 2 aliphatic heterocycles. The fraction of sp³-hybridized carbons (Fsp3) is 0.391. The first-order valence-corrected chi connectivity index (χ1v) is 11.9. The lowest BCUT2D eigenvalue weighted by atomic mass is 10.2. The molecular formula is C23H30N4O4S+2. The lowest BCUT2D eigenvalue weighted by molar-refractivity contribution is -1.01. The monoisotopic (exact) mass is 458 g/mol. The Kier molecular flexibility index (Phi) is 7.31. The average Bonchev–Trinajstić information content (AvgIpc) is 2.79. The zero-order valence-corrected chi connectivity index (χ0v) is 19.0. The van der Waals surface area contributed by atoms with E-state index in [1.165, 1.54) is 9.80 Å². The zero-order chi connectivity index (χ0) is 22.5. The van der Waals surface area contributed by atoms with Crippen LogP contribution in [0.3, 0.4) is 0 Å². The van der Waals surface area contributed by atoms with Gasteiger partial charge in [-0.2, -0.15) is 0 Å². The van der Waals surface area contributed by atoms with Crippen LogP contribution in [0.1, 0.15) is 6.92 Å². The van der Waals surface area contributed by atoms with Crippen molar-refractivity contribution in [1.82, 2.24) is 0 Å². The standard InChI is InChI=1S/C23H28N4O4S/c1-2-31-23(30)24-17-7-8-21-19(15-17)27(18-5-3-4-6-20(18)32-21)22(29)16-26-11-9-25(10-12-26)13-14-28/h3-8,15,28H,2,9-14,16H2,1H3,(H,24,30)/p+2. The van der Waals surface area contributed by atoms with Crippen LogP contribution in [0.15, 0.2) is 52.3 Å². The van der Waals surface area contributed by atoms with Gasteiger partial charge < -0.3 is 19.6 Å². The van der Waals surface area contributed by atoms with Gasteiger partial charge in [0.25, 0.3) is 5.91 Å². The van der Waals surface area contributed by atoms with Crippen molar-refractivity contribution in [1.29, 1.82) is 0 Å². The number of ether oxygens (including phenoxy) is 1. The fourth-order valence-electron chi connectivity index (χ4n) is 4.22. The number of carbonyl (C=O) groups excluding carboxylic acids is 2. The molecule has 32 heavy (non-hydrogen) atoms. The summed E-state index contributed by atoms with van der Waals surface area (Å²) in [5.41, 5.74) is 2.23. The third kappa shape index (κ3) is 5.07. The number of quaternary nitrogens is 2. The Hall–Kier alpha value is -2.59. The maximum atomic E-state index is 13.6. The smallest absolute Gasteiger partial charge is 0.411 e. The van der Waals surface area contributed by atoms with Crippen molar-refractivity contribution in [2.24, 2.45) is 0 Å². The highest BCUT2D eigenvalue weighted by molar-refractivity contribution is 7.99. The predicted molar refractivity (Wildman–Crippen MR) is 123 cm³/mol. The second kappa shape index (κ2) is 10.4. The van der Waals surface area contributed by atoms with Gasteiger partial charge in [0.2, 0.25) is 0 Å². The van der Waals surface area contributed by atoms with E-state index >= 15 is 0 Å². The number of aliphatic hydroxyl groups excluding tert-OH is 1. The first-order valence-electron chi connectivity index (χ1n) is 11.0. The van der Waals surface area contributed by atoms with Crippen LogP contribution in [0.2, 0.25) is 0 Å². The van der Waals surface area contributed by atoms with Gasteiger partial charge in [0.15, 0.2) is 6.54 Å². The molecule has 0 bridgehead atoms. The Labute approximate surface area is 192 Å². The molecule has 2 aliphatic rings. The number of nitrogens with one attached hydrogen (secondary N) is 3. The summed E-state index contributed by atoms with van der Waals surface area (Å²) >= 11 is 1.62. The van der Waals surface area contributed by atoms with Crippen LogP contribution in [-0.4, -0.2) is 69.6 Å². The Balaban J connectivity index is 1.57. The molecule has 4 rings (SSSR count). The molecule has 0 aliphatic carbocycles. The first-order chi connectivity index (χ1) is 15.6. The number of anilines is 3. The lowest BCUT2D eigenvalue weighted by Gasteiger charge is -2.33. The fourth-order valence-corrected chi connectivity index (χ4v) is 5.26. The van der Waals surface area contributed by atoms with E-state index in [1.807, 2.05) is 42.5 Å². The summed E-state index contributed by atoms with van der Waals surface area (Å²) < 4.78 is 4.99. The average molecular weight is 459 g/mol. The van der Waals surface area contributed by atoms with E-state index in [-0.39, 0.29) is 12.5 Å². The van der Waals surface area contributed by atoms with Crippen LogP contribution < -0.4 is 20.0 Å². The molecular weight excluding hydrogens is 428 g/mol. The summed E-state index contributed by atoms with van der Waals surface area (Å²) in [4.78, 5) is 31.9. The molecule has 8 nitrogen and oxygen atoms in total. The van der Waals surface area contributed by atoms with Crippen molar-refractivity contribution in [2.75, 3.05) is 62.7 Å². The Morgan fingerprint density at radius 1 is 1.06 bits per heavy atom. The SMILES string of the molecule is CCOC(=O)Nc1ccc2c(c1)N(C(=O)C[NH+]1CC[NH+](CCO)CC1)c1ccccc1S2. The molecule has 0 radical (unpaired) electrons. The van der Waals surface area contributed by atoms with Crippen molar-refractivity contribution in [3.05, 3.63) is 42.5 Å². The molecule has 1 saturated heterocycles. The van der Waals surface area contributed by atoms with E-state index in [0.29, 0.717) is 18.8 Å². The van der Waals surface area contributed by atoms with Crippen LogP contribution in [0.5, 0.6) is 0 Å². The minimum Gasteiger partial charge on any atom is -0.450 e. The van der Waals surface area contributed by atoms with Crippen LogP contribution in [0.4, 0.5) is 21.9 Å². The normalized spacial score (nSPS) is 19.6. The largest absolute Gasteiger partial charge is 0.450 e. The number of nitrogens with zero attached hydrogens (tertiary/aromatic N) is 1. The molecule has 9 heteroatoms. The van der Waals surface area contributed by atoms with Crippen molar-refractivity contribution >= 4 is 40.8 Å². The van der Waals surface area contributed by atoms with Gasteiger partial charge >= 0.3 is 6.09 Å². The van der Waals surface area contributed by atoms with Crippen molar-refractivity contribution in [2.45, 2.75) is 16.7 Å². The van der Waals surface area contributed by atoms with Gasteiger partial charge in [0.1, 0.15) is 32.7 Å². The molecule has 0 atom stereocenters. The number of amides is 2. The number of fused-ring (bicyclic) bond motifs is 2. The highest BCUT2D eigenvalue weighted by atomic mass is 32.2. The molecule has 2 heterocycles. The number of piperazine rings is 1. The number of benzene rings is 2. The third-order valence-electron chi connectivity index (χ3n) is 5.83. The van der Waals surface area contributed by atoms with Crippen LogP contribution >= 0.6 is 11.8 Å². The summed E-state index contributed by atoms with van der Waals surface area (Å²) in [6.45, 7) is 7.14. The zero-order valence-electron chi connectivity index (χ0n) is 18.2. The number of carbonyl (C=O) groups is 2. The molecule has 0 saturated carbocycles. The summed E-state index contributed by atoms with van der Waals surface area (Å²) in [7, 11) is 0. The third-order valence-corrected chi connectivity index (χ3v) is 6.96. The van der Waals surface area contributed by atoms with Gasteiger partial charge in [0, 0.05) is 15.5 Å². The lowest BCUT2D eigenvalue weighted by Crippen LogP contribution is -3.28. The van der Waals surface area contributed by atoms with E-state index in [1.54, 1.807) is 23.6 Å². The summed E-state index contributed by atoms with van der Waals surface area (Å²) in [6.07, 6.45) is -0.512. The first kappa shape index (κ1) is 22.6. The van der Waals surface area contributed by atoms with Gasteiger partial charge in [-0.05, 0) is 37.3 Å². The van der Waals surface area contributed by atoms with E-state index in [2.05, 4.69) is 5.32 Å².